The van der Waals surface area contributed by atoms with Crippen LogP contribution in [0, 0.1) is 0 Å². The molecule has 4 nitrogen and oxygen atoms in total. The number of carbonyl (C=O) groups is 1. The van der Waals surface area contributed by atoms with Crippen molar-refractivity contribution in [2.75, 3.05) is 0 Å². The minimum Gasteiger partial charge on any atom is -0.478 e. The fraction of sp³-hybridized carbons (Fsp3) is 0.615. The van der Waals surface area contributed by atoms with Crippen LogP contribution in [0.2, 0.25) is 0 Å². The first-order valence-electron chi connectivity index (χ1n) is 5.65. The highest BCUT2D eigenvalue weighted by molar-refractivity contribution is 5.88. The van der Waals surface area contributed by atoms with Crippen LogP contribution in [0.5, 0.6) is 0 Å². The van der Waals surface area contributed by atoms with E-state index in [-0.39, 0.29) is 16.4 Å². The smallest absolute Gasteiger partial charge is 0.339 e. The van der Waals surface area contributed by atoms with Crippen LogP contribution in [0.1, 0.15) is 63.4 Å². The predicted octanol–water partition coefficient (Wildman–Crippen LogP) is 2.77. The molecule has 0 bridgehead atoms. The van der Waals surface area contributed by atoms with Crippen LogP contribution in [0.15, 0.2) is 6.20 Å². The van der Waals surface area contributed by atoms with Gasteiger partial charge in [0.25, 0.3) is 0 Å². The van der Waals surface area contributed by atoms with Gasteiger partial charge >= 0.3 is 5.97 Å². The molecule has 4 heteroatoms. The van der Waals surface area contributed by atoms with E-state index in [0.717, 1.165) is 0 Å². The lowest BCUT2D eigenvalue weighted by Gasteiger charge is -2.23. The maximum atomic E-state index is 11.1. The van der Waals surface area contributed by atoms with E-state index in [2.05, 4.69) is 9.97 Å². The molecule has 0 atom stereocenters. The molecule has 0 saturated carbocycles. The summed E-state index contributed by atoms with van der Waals surface area (Å²) in [4.78, 5) is 19.7. The Hall–Kier alpha value is -1.45. The molecule has 1 aromatic heterocycles. The molecule has 0 spiro atoms. The second-order valence-corrected chi connectivity index (χ2v) is 6.26. The molecule has 0 aliphatic carbocycles. The summed E-state index contributed by atoms with van der Waals surface area (Å²) < 4.78 is 0. The van der Waals surface area contributed by atoms with E-state index in [4.69, 9.17) is 5.11 Å². The van der Waals surface area contributed by atoms with Gasteiger partial charge in [-0.3, -0.25) is 0 Å². The number of hydrogen-bond acceptors (Lipinski definition) is 3. The van der Waals surface area contributed by atoms with Crippen molar-refractivity contribution in [3.8, 4) is 0 Å². The van der Waals surface area contributed by atoms with Crippen LogP contribution >= 0.6 is 0 Å². The quantitative estimate of drug-likeness (QED) is 0.814. The van der Waals surface area contributed by atoms with E-state index in [1.54, 1.807) is 0 Å². The number of rotatable bonds is 1. The van der Waals surface area contributed by atoms with Crippen molar-refractivity contribution in [3.63, 3.8) is 0 Å². The van der Waals surface area contributed by atoms with Gasteiger partial charge in [-0.2, -0.15) is 0 Å². The molecule has 1 aromatic rings. The molecule has 17 heavy (non-hydrogen) atoms. The first-order valence-corrected chi connectivity index (χ1v) is 5.65. The molecular weight excluding hydrogens is 216 g/mol. The Bertz CT molecular complexity index is 440. The first kappa shape index (κ1) is 13.6. The number of nitrogens with zero attached hydrogens (tertiary/aromatic N) is 2. The summed E-state index contributed by atoms with van der Waals surface area (Å²) in [6.45, 7) is 11.9. The average molecular weight is 236 g/mol. The number of aromatic nitrogens is 2. The largest absolute Gasteiger partial charge is 0.478 e. The van der Waals surface area contributed by atoms with Gasteiger partial charge < -0.3 is 5.11 Å². The first-order chi connectivity index (χ1) is 7.53. The SMILES string of the molecule is CC(C)(C)c1ncc(C(=O)O)c(C(C)(C)C)n1. The highest BCUT2D eigenvalue weighted by Crippen LogP contribution is 2.26. The maximum Gasteiger partial charge on any atom is 0.339 e. The summed E-state index contributed by atoms with van der Waals surface area (Å²) in [6.07, 6.45) is 1.41. The van der Waals surface area contributed by atoms with Gasteiger partial charge in [0.1, 0.15) is 5.82 Å². The van der Waals surface area contributed by atoms with Gasteiger partial charge in [-0.1, -0.05) is 41.5 Å². The maximum absolute atomic E-state index is 11.1. The van der Waals surface area contributed by atoms with Crippen LogP contribution in [-0.2, 0) is 10.8 Å². The summed E-state index contributed by atoms with van der Waals surface area (Å²) in [5.41, 5.74) is 0.281. The predicted molar refractivity (Wildman–Crippen MR) is 66.4 cm³/mol. The normalized spacial score (nSPS) is 12.6. The van der Waals surface area contributed by atoms with Gasteiger partial charge in [0, 0.05) is 17.0 Å². The molecule has 0 aliphatic rings. The fourth-order valence-electron chi connectivity index (χ4n) is 1.47. The minimum atomic E-state index is -0.976. The van der Waals surface area contributed by atoms with Crippen molar-refractivity contribution in [3.05, 3.63) is 23.3 Å². The number of hydrogen-bond donors (Lipinski definition) is 1. The second kappa shape index (κ2) is 4.09. The molecule has 0 unspecified atom stereocenters. The third-order valence-corrected chi connectivity index (χ3v) is 2.40. The van der Waals surface area contributed by atoms with Crippen LogP contribution in [0.25, 0.3) is 0 Å². The molecular formula is C13H20N2O2. The van der Waals surface area contributed by atoms with Crippen molar-refractivity contribution in [1.82, 2.24) is 9.97 Å². The van der Waals surface area contributed by atoms with Crippen LogP contribution in [0.4, 0.5) is 0 Å². The average Bonchev–Trinajstić information content (AvgIpc) is 2.14. The second-order valence-electron chi connectivity index (χ2n) is 6.26. The summed E-state index contributed by atoms with van der Waals surface area (Å²) in [5, 5.41) is 9.14. The number of carboxylic acids is 1. The van der Waals surface area contributed by atoms with E-state index < -0.39 is 5.97 Å². The highest BCUT2D eigenvalue weighted by Gasteiger charge is 2.27. The van der Waals surface area contributed by atoms with Gasteiger partial charge in [-0.25, -0.2) is 14.8 Å². The molecule has 94 valence electrons. The van der Waals surface area contributed by atoms with Crippen LogP contribution in [-0.4, -0.2) is 21.0 Å². The van der Waals surface area contributed by atoms with Crippen molar-refractivity contribution in [1.29, 1.82) is 0 Å². The van der Waals surface area contributed by atoms with E-state index in [0.29, 0.717) is 11.5 Å². The van der Waals surface area contributed by atoms with Gasteiger partial charge in [0.15, 0.2) is 0 Å². The summed E-state index contributed by atoms with van der Waals surface area (Å²) in [6, 6.07) is 0. The Kier molecular flexibility index (Phi) is 3.28. The molecule has 1 N–H and O–H groups in total. The molecule has 0 radical (unpaired) electrons. The van der Waals surface area contributed by atoms with E-state index in [1.807, 2.05) is 41.5 Å². The van der Waals surface area contributed by atoms with Crippen molar-refractivity contribution in [2.24, 2.45) is 0 Å². The molecule has 0 fully saturated rings. The zero-order valence-corrected chi connectivity index (χ0v) is 11.3. The Morgan fingerprint density at radius 2 is 1.65 bits per heavy atom. The summed E-state index contributed by atoms with van der Waals surface area (Å²) in [5.74, 6) is -0.303. The Balaban J connectivity index is 3.46. The van der Waals surface area contributed by atoms with Gasteiger partial charge in [-0.15, -0.1) is 0 Å². The Labute approximate surface area is 102 Å². The number of aromatic carboxylic acids is 1. The molecule has 0 saturated heterocycles. The lowest BCUT2D eigenvalue weighted by molar-refractivity contribution is 0.0692. The van der Waals surface area contributed by atoms with Gasteiger partial charge in [0.05, 0.1) is 11.3 Å². The third-order valence-electron chi connectivity index (χ3n) is 2.40. The topological polar surface area (TPSA) is 63.1 Å². The van der Waals surface area contributed by atoms with E-state index >= 15 is 0 Å². The van der Waals surface area contributed by atoms with Crippen molar-refractivity contribution < 1.29 is 9.90 Å². The van der Waals surface area contributed by atoms with Crippen LogP contribution < -0.4 is 0 Å². The van der Waals surface area contributed by atoms with E-state index in [1.165, 1.54) is 6.20 Å². The Morgan fingerprint density at radius 1 is 1.12 bits per heavy atom. The zero-order chi connectivity index (χ0) is 13.4. The molecule has 0 aromatic carbocycles. The van der Waals surface area contributed by atoms with E-state index in [9.17, 15) is 4.79 Å². The lowest BCUT2D eigenvalue weighted by atomic mass is 9.87. The van der Waals surface area contributed by atoms with Crippen LogP contribution in [0.3, 0.4) is 0 Å². The summed E-state index contributed by atoms with van der Waals surface area (Å²) in [7, 11) is 0. The third kappa shape index (κ3) is 3.02. The highest BCUT2D eigenvalue weighted by atomic mass is 16.4. The molecule has 1 rings (SSSR count). The molecule has 0 aliphatic heterocycles. The molecule has 0 amide bonds. The Morgan fingerprint density at radius 3 is 2.00 bits per heavy atom. The minimum absolute atomic E-state index is 0.183. The van der Waals surface area contributed by atoms with Crippen molar-refractivity contribution in [2.45, 2.75) is 52.4 Å². The van der Waals surface area contributed by atoms with Gasteiger partial charge in [-0.05, 0) is 0 Å². The summed E-state index contributed by atoms with van der Waals surface area (Å²) >= 11 is 0. The fourth-order valence-corrected chi connectivity index (χ4v) is 1.47. The lowest BCUT2D eigenvalue weighted by Crippen LogP contribution is -2.24. The number of carboxylic acid groups (broad SMARTS) is 1. The van der Waals surface area contributed by atoms with Gasteiger partial charge in [0.2, 0.25) is 0 Å². The van der Waals surface area contributed by atoms with Crippen molar-refractivity contribution >= 4 is 5.97 Å². The molecule has 1 heterocycles. The monoisotopic (exact) mass is 236 g/mol. The standard InChI is InChI=1S/C13H20N2O2/c1-12(2,3)9-8(10(16)17)7-14-11(15-9)13(4,5)6/h7H,1-6H3,(H,16,17). The zero-order valence-electron chi connectivity index (χ0n) is 11.3.